The van der Waals surface area contributed by atoms with Crippen molar-refractivity contribution in [1.29, 1.82) is 0 Å². The van der Waals surface area contributed by atoms with Crippen LogP contribution in [-0.4, -0.2) is 9.38 Å². The predicted octanol–water partition coefficient (Wildman–Crippen LogP) is 4.24. The van der Waals surface area contributed by atoms with Gasteiger partial charge in [0.1, 0.15) is 0 Å². The summed E-state index contributed by atoms with van der Waals surface area (Å²) in [4.78, 5) is 7.00. The predicted molar refractivity (Wildman–Crippen MR) is 85.8 cm³/mol. The molecule has 0 saturated carbocycles. The molecule has 1 N–H and O–H groups in total. The number of thiazole rings is 1. The first-order valence-corrected chi connectivity index (χ1v) is 7.61. The Morgan fingerprint density at radius 2 is 1.80 bits per heavy atom. The number of aryl methyl sites for hydroxylation is 4. The minimum absolute atomic E-state index is 0.798. The second kappa shape index (κ2) is 4.94. The number of nitrogens with one attached hydrogen (secondary N) is 1. The summed E-state index contributed by atoms with van der Waals surface area (Å²) in [5.74, 6) is 0. The molecule has 0 unspecified atom stereocenters. The van der Waals surface area contributed by atoms with Crippen LogP contribution in [0.4, 0.5) is 5.69 Å². The lowest BCUT2D eigenvalue weighted by Crippen LogP contribution is -2.04. The Labute approximate surface area is 123 Å². The molecule has 3 aromatic rings. The largest absolute Gasteiger partial charge is 0.379 e. The molecule has 3 rings (SSSR count). The van der Waals surface area contributed by atoms with Gasteiger partial charge in [0.25, 0.3) is 0 Å². The number of anilines is 1. The van der Waals surface area contributed by atoms with Gasteiger partial charge in [0, 0.05) is 16.8 Å². The summed E-state index contributed by atoms with van der Waals surface area (Å²) < 4.78 is 2.20. The van der Waals surface area contributed by atoms with E-state index in [0.29, 0.717) is 0 Å². The lowest BCUT2D eigenvalue weighted by atomic mass is 10.1. The summed E-state index contributed by atoms with van der Waals surface area (Å²) in [7, 11) is 0. The number of hydrogen-bond acceptors (Lipinski definition) is 3. The van der Waals surface area contributed by atoms with Crippen LogP contribution in [0.5, 0.6) is 0 Å². The first kappa shape index (κ1) is 13.2. The van der Waals surface area contributed by atoms with Crippen LogP contribution in [0, 0.1) is 27.7 Å². The highest BCUT2D eigenvalue weighted by atomic mass is 32.1. The maximum atomic E-state index is 4.62. The van der Waals surface area contributed by atoms with Crippen LogP contribution in [0.2, 0.25) is 0 Å². The Kier molecular flexibility index (Phi) is 3.26. The molecular weight excluding hydrogens is 266 g/mol. The van der Waals surface area contributed by atoms with Crippen LogP contribution in [0.1, 0.15) is 27.4 Å². The van der Waals surface area contributed by atoms with Crippen molar-refractivity contribution in [3.05, 3.63) is 51.8 Å². The van der Waals surface area contributed by atoms with Crippen molar-refractivity contribution in [2.24, 2.45) is 0 Å². The standard InChI is InChI=1S/C16H19N3S/c1-10-5-11(2)7-14(6-10)17-8-15-13(4)18-16-19(15)9-12(3)20-16/h5-7,9,17H,8H2,1-4H3. The number of hydrogen-bond donors (Lipinski definition) is 1. The molecule has 0 spiro atoms. The Hall–Kier alpha value is -1.81. The average Bonchev–Trinajstić information content (AvgIpc) is 2.81. The summed E-state index contributed by atoms with van der Waals surface area (Å²) in [6.45, 7) is 9.25. The second-order valence-corrected chi connectivity index (χ2v) is 6.58. The molecule has 0 bridgehead atoms. The van der Waals surface area contributed by atoms with Gasteiger partial charge in [-0.2, -0.15) is 0 Å². The zero-order valence-corrected chi connectivity index (χ0v) is 13.1. The number of fused-ring (bicyclic) bond motifs is 1. The third-order valence-electron chi connectivity index (χ3n) is 3.42. The fourth-order valence-electron chi connectivity index (χ4n) is 2.58. The molecule has 0 aliphatic carbocycles. The third-order valence-corrected chi connectivity index (χ3v) is 4.32. The molecule has 2 heterocycles. The van der Waals surface area contributed by atoms with Gasteiger partial charge < -0.3 is 5.32 Å². The highest BCUT2D eigenvalue weighted by Gasteiger charge is 2.10. The first-order chi connectivity index (χ1) is 9.52. The van der Waals surface area contributed by atoms with Gasteiger partial charge in [0.15, 0.2) is 4.96 Å². The molecular formula is C16H19N3S. The van der Waals surface area contributed by atoms with E-state index in [2.05, 4.69) is 66.8 Å². The minimum Gasteiger partial charge on any atom is -0.379 e. The Bertz CT molecular complexity index is 747. The van der Waals surface area contributed by atoms with Crippen LogP contribution >= 0.6 is 11.3 Å². The van der Waals surface area contributed by atoms with Gasteiger partial charge in [-0.15, -0.1) is 11.3 Å². The van der Waals surface area contributed by atoms with Crippen molar-refractivity contribution in [3.8, 4) is 0 Å². The fraction of sp³-hybridized carbons (Fsp3) is 0.312. The minimum atomic E-state index is 0.798. The van der Waals surface area contributed by atoms with Crippen LogP contribution < -0.4 is 5.32 Å². The molecule has 0 amide bonds. The first-order valence-electron chi connectivity index (χ1n) is 6.79. The van der Waals surface area contributed by atoms with Crippen molar-refractivity contribution in [2.45, 2.75) is 34.2 Å². The highest BCUT2D eigenvalue weighted by molar-refractivity contribution is 7.17. The molecule has 4 heteroatoms. The van der Waals surface area contributed by atoms with Crippen LogP contribution in [-0.2, 0) is 6.54 Å². The Morgan fingerprint density at radius 1 is 1.10 bits per heavy atom. The summed E-state index contributed by atoms with van der Waals surface area (Å²) in [5.41, 5.74) is 6.09. The van der Waals surface area contributed by atoms with Crippen molar-refractivity contribution in [1.82, 2.24) is 9.38 Å². The van der Waals surface area contributed by atoms with Crippen molar-refractivity contribution >= 4 is 22.0 Å². The van der Waals surface area contributed by atoms with Crippen molar-refractivity contribution < 1.29 is 0 Å². The van der Waals surface area contributed by atoms with E-state index in [1.807, 2.05) is 0 Å². The number of nitrogens with zero attached hydrogens (tertiary/aromatic N) is 2. The van der Waals surface area contributed by atoms with E-state index >= 15 is 0 Å². The molecule has 0 aliphatic heterocycles. The van der Waals surface area contributed by atoms with Gasteiger partial charge >= 0.3 is 0 Å². The third kappa shape index (κ3) is 2.43. The monoisotopic (exact) mass is 285 g/mol. The molecule has 0 atom stereocenters. The molecule has 0 fully saturated rings. The Balaban J connectivity index is 1.87. The van der Waals surface area contributed by atoms with Gasteiger partial charge in [0.2, 0.25) is 0 Å². The summed E-state index contributed by atoms with van der Waals surface area (Å²) in [6.07, 6.45) is 2.17. The van der Waals surface area contributed by atoms with E-state index in [-0.39, 0.29) is 0 Å². The van der Waals surface area contributed by atoms with E-state index in [0.717, 1.165) is 17.2 Å². The van der Waals surface area contributed by atoms with Crippen molar-refractivity contribution in [2.75, 3.05) is 5.32 Å². The Morgan fingerprint density at radius 3 is 2.50 bits per heavy atom. The number of imidazole rings is 1. The smallest absolute Gasteiger partial charge is 0.194 e. The molecule has 104 valence electrons. The van der Waals surface area contributed by atoms with E-state index in [1.165, 1.54) is 27.4 Å². The van der Waals surface area contributed by atoms with E-state index in [9.17, 15) is 0 Å². The maximum absolute atomic E-state index is 4.62. The SMILES string of the molecule is Cc1cc(C)cc(NCc2c(C)nc3sc(C)cn23)c1. The normalized spacial score (nSPS) is 11.2. The quantitative estimate of drug-likeness (QED) is 0.780. The molecule has 20 heavy (non-hydrogen) atoms. The lowest BCUT2D eigenvalue weighted by Gasteiger charge is -2.09. The molecule has 0 saturated heterocycles. The van der Waals surface area contributed by atoms with E-state index in [1.54, 1.807) is 11.3 Å². The summed E-state index contributed by atoms with van der Waals surface area (Å²) in [5, 5.41) is 3.51. The van der Waals surface area contributed by atoms with Gasteiger partial charge in [-0.3, -0.25) is 4.40 Å². The van der Waals surface area contributed by atoms with Crippen LogP contribution in [0.25, 0.3) is 4.96 Å². The summed E-state index contributed by atoms with van der Waals surface area (Å²) >= 11 is 1.74. The van der Waals surface area contributed by atoms with Crippen molar-refractivity contribution in [3.63, 3.8) is 0 Å². The topological polar surface area (TPSA) is 29.3 Å². The zero-order chi connectivity index (χ0) is 14.3. The molecule has 2 aromatic heterocycles. The van der Waals surface area contributed by atoms with Gasteiger partial charge in [-0.25, -0.2) is 4.98 Å². The molecule has 0 radical (unpaired) electrons. The van der Waals surface area contributed by atoms with Gasteiger partial charge in [0.05, 0.1) is 17.9 Å². The average molecular weight is 285 g/mol. The lowest BCUT2D eigenvalue weighted by molar-refractivity contribution is 0.990. The highest BCUT2D eigenvalue weighted by Crippen LogP contribution is 2.22. The molecule has 0 aliphatic rings. The molecule has 3 nitrogen and oxygen atoms in total. The fourth-order valence-corrected chi connectivity index (χ4v) is 3.47. The summed E-state index contributed by atoms with van der Waals surface area (Å²) in [6, 6.07) is 6.55. The van der Waals surface area contributed by atoms with Crippen LogP contribution in [0.15, 0.2) is 24.4 Å². The second-order valence-electron chi connectivity index (χ2n) is 5.37. The van der Waals surface area contributed by atoms with Gasteiger partial charge in [-0.05, 0) is 51.0 Å². The number of rotatable bonds is 3. The van der Waals surface area contributed by atoms with Crippen LogP contribution in [0.3, 0.4) is 0 Å². The number of aromatic nitrogens is 2. The van der Waals surface area contributed by atoms with Gasteiger partial charge in [-0.1, -0.05) is 6.07 Å². The molecule has 1 aromatic carbocycles. The zero-order valence-electron chi connectivity index (χ0n) is 12.3. The van der Waals surface area contributed by atoms with E-state index in [4.69, 9.17) is 0 Å². The maximum Gasteiger partial charge on any atom is 0.194 e. The van der Waals surface area contributed by atoms with E-state index < -0.39 is 0 Å². The number of benzene rings is 1.